The number of nitrogens with one attached hydrogen (secondary N) is 1. The second kappa shape index (κ2) is 11.8. The van der Waals surface area contributed by atoms with Crippen molar-refractivity contribution in [2.24, 2.45) is 5.41 Å². The molecule has 1 unspecified atom stereocenters. The number of pyridine rings is 1. The minimum Gasteiger partial charge on any atom is -0.331 e. The number of anilines is 2. The lowest BCUT2D eigenvalue weighted by Gasteiger charge is -2.33. The molecule has 7 nitrogen and oxygen atoms in total. The Balaban J connectivity index is 0.00000400. The normalized spacial score (nSPS) is 15.0. The molecule has 2 heterocycles. The lowest BCUT2D eigenvalue weighted by molar-refractivity contribution is -0.136. The number of fused-ring (bicyclic) bond motifs is 1. The predicted octanol–water partition coefficient (Wildman–Crippen LogP) is 5.59. The van der Waals surface area contributed by atoms with Crippen LogP contribution in [0.3, 0.4) is 0 Å². The zero-order chi connectivity index (χ0) is 26.7. The second-order valence-electron chi connectivity index (χ2n) is 10.1. The van der Waals surface area contributed by atoms with Crippen molar-refractivity contribution in [1.29, 1.82) is 0 Å². The van der Waals surface area contributed by atoms with Crippen LogP contribution in [-0.4, -0.2) is 41.2 Å². The van der Waals surface area contributed by atoms with E-state index in [4.69, 9.17) is 0 Å². The van der Waals surface area contributed by atoms with Gasteiger partial charge >= 0.3 is 0 Å². The Bertz CT molecular complexity index is 1310. The van der Waals surface area contributed by atoms with Crippen molar-refractivity contribution >= 4 is 41.5 Å². The molecule has 1 aliphatic heterocycles. The molecule has 0 aliphatic carbocycles. The van der Waals surface area contributed by atoms with Crippen LogP contribution in [0.5, 0.6) is 0 Å². The van der Waals surface area contributed by atoms with E-state index >= 15 is 0 Å². The molecule has 0 radical (unpaired) electrons. The molecule has 1 atom stereocenters. The third-order valence-corrected chi connectivity index (χ3v) is 7.11. The number of aryl methyl sites for hydroxylation is 1. The van der Waals surface area contributed by atoms with Gasteiger partial charge in [-0.15, -0.1) is 12.4 Å². The van der Waals surface area contributed by atoms with E-state index in [0.717, 1.165) is 16.7 Å². The van der Waals surface area contributed by atoms with Crippen LogP contribution in [-0.2, 0) is 16.0 Å². The highest BCUT2D eigenvalue weighted by Gasteiger charge is 2.42. The summed E-state index contributed by atoms with van der Waals surface area (Å²) in [6, 6.07) is 17.0. The number of halogens is 1. The first kappa shape index (κ1) is 28.9. The average molecular weight is 535 g/mol. The SMILES string of the molecule is CCC(c1ccc2c(c1)N(C)C(=O)C(C)(C)C(=O)N2)N(CCc1cccnc1)C(=O)c1ccc(C)cc1.Cl. The van der Waals surface area contributed by atoms with Gasteiger partial charge in [0.2, 0.25) is 11.8 Å². The van der Waals surface area contributed by atoms with Gasteiger partial charge in [-0.2, -0.15) is 0 Å². The summed E-state index contributed by atoms with van der Waals surface area (Å²) < 4.78 is 0. The molecular weight excluding hydrogens is 500 g/mol. The molecule has 38 heavy (non-hydrogen) atoms. The van der Waals surface area contributed by atoms with Crippen molar-refractivity contribution in [3.63, 3.8) is 0 Å². The van der Waals surface area contributed by atoms with Crippen molar-refractivity contribution in [2.45, 2.75) is 46.6 Å². The molecule has 0 fully saturated rings. The summed E-state index contributed by atoms with van der Waals surface area (Å²) in [5.74, 6) is -0.668. The maximum Gasteiger partial charge on any atom is 0.254 e. The number of amides is 3. The Morgan fingerprint density at radius 3 is 2.45 bits per heavy atom. The minimum absolute atomic E-state index is 0. The fourth-order valence-electron chi connectivity index (χ4n) is 4.74. The van der Waals surface area contributed by atoms with E-state index in [9.17, 15) is 14.4 Å². The van der Waals surface area contributed by atoms with Crippen LogP contribution >= 0.6 is 12.4 Å². The molecule has 0 saturated carbocycles. The number of carbonyl (C=O) groups is 3. The Labute approximate surface area is 230 Å². The van der Waals surface area contributed by atoms with E-state index in [2.05, 4.69) is 17.2 Å². The van der Waals surface area contributed by atoms with Crippen LogP contribution in [0, 0.1) is 12.3 Å². The standard InChI is InChI=1S/C30H34N4O3.ClH/c1-6-25(23-13-14-24-26(18-23)33(5)29(37)30(3,4)28(36)32-24)34(17-15-21-8-7-16-31-19-21)27(35)22-11-9-20(2)10-12-22;/h7-14,16,18-19,25H,6,15,17H2,1-5H3,(H,32,36);1H. The first-order valence-electron chi connectivity index (χ1n) is 12.6. The average Bonchev–Trinajstić information content (AvgIpc) is 2.96. The largest absolute Gasteiger partial charge is 0.331 e. The van der Waals surface area contributed by atoms with Crippen molar-refractivity contribution in [3.8, 4) is 0 Å². The van der Waals surface area contributed by atoms with E-state index in [1.807, 2.05) is 72.6 Å². The maximum absolute atomic E-state index is 13.8. The number of benzene rings is 2. The molecular formula is C30H35ClN4O3. The Hall–Kier alpha value is -3.71. The van der Waals surface area contributed by atoms with Gasteiger partial charge in [0, 0.05) is 31.5 Å². The minimum atomic E-state index is -1.19. The molecule has 3 amide bonds. The van der Waals surface area contributed by atoms with Crippen molar-refractivity contribution < 1.29 is 14.4 Å². The monoisotopic (exact) mass is 534 g/mol. The highest BCUT2D eigenvalue weighted by Crippen LogP contribution is 2.38. The first-order chi connectivity index (χ1) is 17.6. The molecule has 0 saturated heterocycles. The van der Waals surface area contributed by atoms with Gasteiger partial charge in [-0.25, -0.2) is 0 Å². The zero-order valence-corrected chi connectivity index (χ0v) is 23.3. The fourth-order valence-corrected chi connectivity index (χ4v) is 4.74. The highest BCUT2D eigenvalue weighted by molar-refractivity contribution is 6.19. The molecule has 8 heteroatoms. The number of carbonyl (C=O) groups excluding carboxylic acids is 3. The maximum atomic E-state index is 13.8. The van der Waals surface area contributed by atoms with Gasteiger partial charge in [-0.05, 0) is 75.1 Å². The summed E-state index contributed by atoms with van der Waals surface area (Å²) in [5.41, 5.74) is 3.69. The van der Waals surface area contributed by atoms with Gasteiger partial charge in [0.15, 0.2) is 0 Å². The van der Waals surface area contributed by atoms with Crippen LogP contribution in [0.4, 0.5) is 11.4 Å². The van der Waals surface area contributed by atoms with Crippen molar-refractivity contribution in [3.05, 3.63) is 89.2 Å². The lowest BCUT2D eigenvalue weighted by Crippen LogP contribution is -2.43. The molecule has 0 spiro atoms. The second-order valence-corrected chi connectivity index (χ2v) is 10.1. The molecule has 0 bridgehead atoms. The number of nitrogens with zero attached hydrogens (tertiary/aromatic N) is 3. The van der Waals surface area contributed by atoms with E-state index in [-0.39, 0.29) is 36.2 Å². The molecule has 1 aliphatic rings. The van der Waals surface area contributed by atoms with Crippen LogP contribution in [0.2, 0.25) is 0 Å². The molecule has 1 N–H and O–H groups in total. The lowest BCUT2D eigenvalue weighted by atomic mass is 9.91. The molecule has 200 valence electrons. The van der Waals surface area contributed by atoms with E-state index < -0.39 is 5.41 Å². The van der Waals surface area contributed by atoms with Crippen LogP contribution in [0.15, 0.2) is 67.0 Å². The molecule has 4 rings (SSSR count). The fraction of sp³-hybridized carbons (Fsp3) is 0.333. The number of rotatable bonds is 7. The number of hydrogen-bond acceptors (Lipinski definition) is 4. The number of aromatic nitrogens is 1. The van der Waals surface area contributed by atoms with Gasteiger partial charge in [0.25, 0.3) is 5.91 Å². The first-order valence-corrected chi connectivity index (χ1v) is 12.6. The summed E-state index contributed by atoms with van der Waals surface area (Å²) in [6.07, 6.45) is 4.90. The van der Waals surface area contributed by atoms with Crippen LogP contribution < -0.4 is 10.2 Å². The molecule has 3 aromatic rings. The topological polar surface area (TPSA) is 82.6 Å². The smallest absolute Gasteiger partial charge is 0.254 e. The Morgan fingerprint density at radius 2 is 1.82 bits per heavy atom. The van der Waals surface area contributed by atoms with Gasteiger partial charge in [0.05, 0.1) is 17.4 Å². The summed E-state index contributed by atoms with van der Waals surface area (Å²) in [7, 11) is 1.69. The Morgan fingerprint density at radius 1 is 1.11 bits per heavy atom. The Kier molecular flexibility index (Phi) is 8.94. The van der Waals surface area contributed by atoms with Crippen LogP contribution in [0.1, 0.15) is 60.3 Å². The van der Waals surface area contributed by atoms with E-state index in [0.29, 0.717) is 36.3 Å². The van der Waals surface area contributed by atoms with Gasteiger partial charge < -0.3 is 15.1 Å². The van der Waals surface area contributed by atoms with E-state index in [1.54, 1.807) is 27.1 Å². The number of hydrogen-bond donors (Lipinski definition) is 1. The summed E-state index contributed by atoms with van der Waals surface area (Å²) in [6.45, 7) is 7.81. The van der Waals surface area contributed by atoms with Crippen molar-refractivity contribution in [1.82, 2.24) is 9.88 Å². The third-order valence-electron chi connectivity index (χ3n) is 7.11. The van der Waals surface area contributed by atoms with E-state index in [1.165, 1.54) is 4.90 Å². The highest BCUT2D eigenvalue weighted by atomic mass is 35.5. The predicted molar refractivity (Wildman–Crippen MR) is 153 cm³/mol. The molecule has 2 aromatic carbocycles. The van der Waals surface area contributed by atoms with Crippen molar-refractivity contribution in [2.75, 3.05) is 23.8 Å². The zero-order valence-electron chi connectivity index (χ0n) is 22.5. The van der Waals surface area contributed by atoms with Crippen LogP contribution in [0.25, 0.3) is 0 Å². The molecule has 1 aromatic heterocycles. The quantitative estimate of drug-likeness (QED) is 0.401. The van der Waals surface area contributed by atoms with Gasteiger partial charge in [-0.3, -0.25) is 19.4 Å². The summed E-state index contributed by atoms with van der Waals surface area (Å²) >= 11 is 0. The van der Waals surface area contributed by atoms with Gasteiger partial charge in [-0.1, -0.05) is 36.8 Å². The summed E-state index contributed by atoms with van der Waals surface area (Å²) in [5, 5.41) is 2.90. The third kappa shape index (κ3) is 5.73. The van der Waals surface area contributed by atoms with Gasteiger partial charge in [0.1, 0.15) is 5.41 Å². The summed E-state index contributed by atoms with van der Waals surface area (Å²) in [4.78, 5) is 47.3.